The van der Waals surface area contributed by atoms with Gasteiger partial charge in [-0.15, -0.1) is 28.1 Å². The van der Waals surface area contributed by atoms with E-state index in [4.69, 9.17) is 0 Å². The number of thiazole rings is 1. The summed E-state index contributed by atoms with van der Waals surface area (Å²) < 4.78 is 2.87. The van der Waals surface area contributed by atoms with Gasteiger partial charge in [0.15, 0.2) is 16.1 Å². The Morgan fingerprint density at radius 1 is 1.25 bits per heavy atom. The maximum absolute atomic E-state index is 12.5. The summed E-state index contributed by atoms with van der Waals surface area (Å²) >= 11 is 4.08. The van der Waals surface area contributed by atoms with Crippen molar-refractivity contribution in [1.82, 2.24) is 25.1 Å². The molecule has 3 heterocycles. The zero-order valence-corrected chi connectivity index (χ0v) is 19.6. The zero-order valence-electron chi connectivity index (χ0n) is 17.1. The number of allylic oxidation sites excluding steroid dienone is 1. The molecule has 8 nitrogen and oxygen atoms in total. The lowest BCUT2D eigenvalue weighted by Crippen LogP contribution is -2.28. The summed E-state index contributed by atoms with van der Waals surface area (Å²) in [4.78, 5) is 29.9. The second-order valence-corrected chi connectivity index (χ2v) is 9.66. The summed E-state index contributed by atoms with van der Waals surface area (Å²) in [6.07, 6.45) is 1.73. The molecule has 2 amide bonds. The molecule has 4 aromatic rings. The summed E-state index contributed by atoms with van der Waals surface area (Å²) in [6.45, 7) is 6.11. The first-order valence-electron chi connectivity index (χ1n) is 9.71. The van der Waals surface area contributed by atoms with Gasteiger partial charge in [0.1, 0.15) is 0 Å². The van der Waals surface area contributed by atoms with Gasteiger partial charge in [0.25, 0.3) is 5.91 Å². The van der Waals surface area contributed by atoms with Crippen molar-refractivity contribution >= 4 is 61.6 Å². The van der Waals surface area contributed by atoms with Gasteiger partial charge in [-0.25, -0.2) is 4.98 Å². The number of carbonyl (C=O) groups is 2. The lowest BCUT2D eigenvalue weighted by molar-refractivity contribution is -0.113. The van der Waals surface area contributed by atoms with Gasteiger partial charge >= 0.3 is 0 Å². The van der Waals surface area contributed by atoms with E-state index in [2.05, 4.69) is 32.4 Å². The zero-order chi connectivity index (χ0) is 22.5. The molecule has 11 heteroatoms. The molecule has 164 valence electrons. The molecular weight excluding hydrogens is 464 g/mol. The quantitative estimate of drug-likeness (QED) is 0.270. The Balaban J connectivity index is 1.40. The number of nitrogens with one attached hydrogen (secondary N) is 2. The summed E-state index contributed by atoms with van der Waals surface area (Å²) in [6, 6.07) is 11.0. The maximum atomic E-state index is 12.5. The summed E-state index contributed by atoms with van der Waals surface area (Å²) in [5, 5.41) is 17.3. The number of amides is 2. The van der Waals surface area contributed by atoms with Gasteiger partial charge in [0.05, 0.1) is 26.9 Å². The van der Waals surface area contributed by atoms with Gasteiger partial charge in [0, 0.05) is 6.54 Å². The third kappa shape index (κ3) is 5.06. The number of aromatic nitrogens is 4. The van der Waals surface area contributed by atoms with Crippen molar-refractivity contribution in [2.45, 2.75) is 24.7 Å². The predicted octanol–water partition coefficient (Wildman–Crippen LogP) is 4.36. The van der Waals surface area contributed by atoms with Crippen molar-refractivity contribution in [2.24, 2.45) is 0 Å². The number of benzene rings is 1. The van der Waals surface area contributed by atoms with Crippen LogP contribution in [0, 0.1) is 0 Å². The first-order chi connectivity index (χ1) is 15.5. The monoisotopic (exact) mass is 484 g/mol. The summed E-state index contributed by atoms with van der Waals surface area (Å²) in [5.41, 5.74) is 0.856. The van der Waals surface area contributed by atoms with Crippen molar-refractivity contribution < 1.29 is 9.59 Å². The van der Waals surface area contributed by atoms with Crippen LogP contribution in [0.25, 0.3) is 10.2 Å². The van der Waals surface area contributed by atoms with E-state index in [1.165, 1.54) is 34.4 Å². The number of thiophene rings is 1. The molecule has 0 aliphatic carbocycles. The normalized spacial score (nSPS) is 11.9. The average Bonchev–Trinajstić information content (AvgIpc) is 3.52. The number of rotatable bonds is 9. The molecule has 0 aliphatic rings. The van der Waals surface area contributed by atoms with E-state index in [0.29, 0.717) is 27.5 Å². The van der Waals surface area contributed by atoms with Crippen LogP contribution in [0.5, 0.6) is 0 Å². The smallest absolute Gasteiger partial charge is 0.261 e. The van der Waals surface area contributed by atoms with Crippen LogP contribution in [0.4, 0.5) is 5.13 Å². The Morgan fingerprint density at radius 2 is 2.09 bits per heavy atom. The molecule has 0 fully saturated rings. The number of nitrogens with zero attached hydrogens (tertiary/aromatic N) is 4. The van der Waals surface area contributed by atoms with Crippen LogP contribution in [0.3, 0.4) is 0 Å². The highest BCUT2D eigenvalue weighted by molar-refractivity contribution is 7.99. The Labute approximate surface area is 196 Å². The maximum Gasteiger partial charge on any atom is 0.261 e. The van der Waals surface area contributed by atoms with Crippen molar-refractivity contribution in [3.05, 3.63) is 65.1 Å². The van der Waals surface area contributed by atoms with E-state index in [9.17, 15) is 9.59 Å². The minimum Gasteiger partial charge on any atom is -0.342 e. The third-order valence-corrected chi connectivity index (χ3v) is 7.20. The van der Waals surface area contributed by atoms with Crippen LogP contribution < -0.4 is 10.6 Å². The van der Waals surface area contributed by atoms with Crippen LogP contribution in [0.15, 0.2) is 59.6 Å². The van der Waals surface area contributed by atoms with E-state index >= 15 is 0 Å². The molecule has 3 aromatic heterocycles. The molecule has 0 unspecified atom stereocenters. The number of carbonyl (C=O) groups excluding carboxylic acids is 2. The van der Waals surface area contributed by atoms with Crippen molar-refractivity contribution in [1.29, 1.82) is 0 Å². The average molecular weight is 485 g/mol. The molecule has 4 rings (SSSR count). The Hall–Kier alpha value is -3.02. The molecule has 0 saturated heterocycles. The van der Waals surface area contributed by atoms with Crippen molar-refractivity contribution in [2.75, 3.05) is 11.1 Å². The van der Waals surface area contributed by atoms with Crippen LogP contribution in [0.2, 0.25) is 0 Å². The number of para-hydroxylation sites is 1. The van der Waals surface area contributed by atoms with Crippen LogP contribution in [-0.2, 0) is 11.3 Å². The molecule has 2 N–H and O–H groups in total. The lowest BCUT2D eigenvalue weighted by Gasteiger charge is -2.14. The van der Waals surface area contributed by atoms with Gasteiger partial charge < -0.3 is 15.2 Å². The predicted molar refractivity (Wildman–Crippen MR) is 129 cm³/mol. The fraction of sp³-hybridized carbons (Fsp3) is 0.190. The molecular formula is C21H20N6O2S3. The number of hydrogen-bond acceptors (Lipinski definition) is 8. The first-order valence-corrected chi connectivity index (χ1v) is 12.4. The molecule has 0 spiro atoms. The fourth-order valence-electron chi connectivity index (χ4n) is 2.98. The van der Waals surface area contributed by atoms with E-state index in [1.807, 2.05) is 47.2 Å². The Kier molecular flexibility index (Phi) is 6.98. The second kappa shape index (κ2) is 10.1. The van der Waals surface area contributed by atoms with E-state index in [0.717, 1.165) is 10.2 Å². The molecule has 0 aliphatic heterocycles. The van der Waals surface area contributed by atoms with Gasteiger partial charge in [0.2, 0.25) is 5.91 Å². The van der Waals surface area contributed by atoms with Gasteiger partial charge in [-0.3, -0.25) is 9.59 Å². The topological polar surface area (TPSA) is 102 Å². The highest BCUT2D eigenvalue weighted by Gasteiger charge is 2.21. The van der Waals surface area contributed by atoms with E-state index < -0.39 is 0 Å². The summed E-state index contributed by atoms with van der Waals surface area (Å²) in [7, 11) is 0. The molecule has 1 aromatic carbocycles. The van der Waals surface area contributed by atoms with Gasteiger partial charge in [-0.2, -0.15) is 0 Å². The summed E-state index contributed by atoms with van der Waals surface area (Å²) in [5.74, 6) is 0.415. The minimum absolute atomic E-state index is 0.154. The van der Waals surface area contributed by atoms with Crippen molar-refractivity contribution in [3.63, 3.8) is 0 Å². The standard InChI is InChI=1S/C21H20N6O2S3/c1-3-10-27-18(13(2)22-19(29)16-9-6-11-30-16)25-26-21(27)31-12-17(28)24-20-23-14-7-4-5-8-15(14)32-20/h3-9,11,13H,1,10,12H2,2H3,(H,22,29)(H,23,24,28)/t13-/m0/s1. The van der Waals surface area contributed by atoms with E-state index in [-0.39, 0.29) is 23.6 Å². The molecule has 0 saturated carbocycles. The molecule has 0 radical (unpaired) electrons. The SMILES string of the molecule is C=CCn1c(SCC(=O)Nc2nc3ccccc3s2)nnc1[C@H](C)NC(=O)c1cccs1. The van der Waals surface area contributed by atoms with Crippen LogP contribution in [0.1, 0.15) is 28.5 Å². The highest BCUT2D eigenvalue weighted by atomic mass is 32.2. The minimum atomic E-state index is -0.358. The lowest BCUT2D eigenvalue weighted by atomic mass is 10.3. The number of anilines is 1. The second-order valence-electron chi connectivity index (χ2n) is 6.74. The van der Waals surface area contributed by atoms with Crippen LogP contribution >= 0.6 is 34.4 Å². The largest absolute Gasteiger partial charge is 0.342 e. The molecule has 32 heavy (non-hydrogen) atoms. The first kappa shape index (κ1) is 22.2. The fourth-order valence-corrected chi connectivity index (χ4v) is 5.24. The molecule has 1 atom stereocenters. The van der Waals surface area contributed by atoms with Gasteiger partial charge in [-0.1, -0.05) is 47.4 Å². The third-order valence-electron chi connectivity index (χ3n) is 4.41. The number of thioether (sulfide) groups is 1. The number of hydrogen-bond donors (Lipinski definition) is 2. The Morgan fingerprint density at radius 3 is 2.84 bits per heavy atom. The van der Waals surface area contributed by atoms with Crippen LogP contribution in [-0.4, -0.2) is 37.3 Å². The number of fused-ring (bicyclic) bond motifs is 1. The highest BCUT2D eigenvalue weighted by Crippen LogP contribution is 2.26. The van der Waals surface area contributed by atoms with E-state index in [1.54, 1.807) is 12.1 Å². The molecule has 0 bridgehead atoms. The Bertz CT molecular complexity index is 1210. The van der Waals surface area contributed by atoms with Crippen molar-refractivity contribution in [3.8, 4) is 0 Å². The van der Waals surface area contributed by atoms with Gasteiger partial charge in [-0.05, 0) is 30.5 Å².